The number of rotatable bonds is 4. The molecule has 3 rings (SSSR count). The monoisotopic (exact) mass is 422 g/mol. The average Bonchev–Trinajstić information content (AvgIpc) is 2.62. The minimum atomic E-state index is -3.48. The molecule has 2 aromatic carbocycles. The summed E-state index contributed by atoms with van der Waals surface area (Å²) in [6, 6.07) is 15.8. The Bertz CT molecular complexity index is 848. The maximum atomic E-state index is 12.6. The molecule has 1 amide bonds. The molecule has 1 aliphatic rings. The average molecular weight is 423 g/mol. The van der Waals surface area contributed by atoms with Gasteiger partial charge in [0.2, 0.25) is 15.9 Å². The molecule has 0 aliphatic carbocycles. The maximum Gasteiger partial charge on any atom is 0.243 e. The van der Waals surface area contributed by atoms with Crippen LogP contribution >= 0.6 is 15.9 Å². The summed E-state index contributed by atoms with van der Waals surface area (Å²) in [6.45, 7) is 0.710. The molecule has 5 nitrogen and oxygen atoms in total. The van der Waals surface area contributed by atoms with Gasteiger partial charge in [0.05, 0.1) is 4.90 Å². The zero-order valence-electron chi connectivity index (χ0n) is 13.6. The van der Waals surface area contributed by atoms with Crippen molar-refractivity contribution in [3.05, 3.63) is 59.1 Å². The summed E-state index contributed by atoms with van der Waals surface area (Å²) in [4.78, 5) is 12.7. The van der Waals surface area contributed by atoms with Crippen molar-refractivity contribution in [3.8, 4) is 0 Å². The number of amides is 1. The first-order valence-corrected chi connectivity index (χ1v) is 10.3. The van der Waals surface area contributed by atoms with E-state index in [2.05, 4.69) is 21.2 Å². The zero-order chi connectivity index (χ0) is 17.9. The Hall–Kier alpha value is -1.70. The Morgan fingerprint density at radius 3 is 2.36 bits per heavy atom. The van der Waals surface area contributed by atoms with Crippen LogP contribution in [0.4, 0.5) is 5.69 Å². The molecule has 0 radical (unpaired) electrons. The molecule has 0 saturated carbocycles. The van der Waals surface area contributed by atoms with Crippen molar-refractivity contribution in [1.29, 1.82) is 0 Å². The van der Waals surface area contributed by atoms with Gasteiger partial charge in [-0.2, -0.15) is 4.31 Å². The van der Waals surface area contributed by atoms with Crippen LogP contribution in [-0.2, 0) is 14.8 Å². The highest BCUT2D eigenvalue weighted by Gasteiger charge is 2.31. The number of hydrogen-bond acceptors (Lipinski definition) is 3. The number of carbonyl (C=O) groups is 1. The Morgan fingerprint density at radius 1 is 1.04 bits per heavy atom. The molecular formula is C18H19BrN2O3S. The highest BCUT2D eigenvalue weighted by molar-refractivity contribution is 9.10. The van der Waals surface area contributed by atoms with Gasteiger partial charge in [-0.15, -0.1) is 0 Å². The van der Waals surface area contributed by atoms with Crippen LogP contribution < -0.4 is 5.32 Å². The standard InChI is InChI=1S/C18H19BrN2O3S/c19-15-5-4-6-16(13-15)20-18(22)14-9-11-21(12-10-14)25(23,24)17-7-2-1-3-8-17/h1-8,13-14H,9-12H2,(H,20,22). The van der Waals surface area contributed by atoms with Gasteiger partial charge in [-0.3, -0.25) is 4.79 Å². The van der Waals surface area contributed by atoms with Gasteiger partial charge in [-0.1, -0.05) is 40.2 Å². The van der Waals surface area contributed by atoms with Crippen LogP contribution in [0.2, 0.25) is 0 Å². The SMILES string of the molecule is O=C(Nc1cccc(Br)c1)C1CCN(S(=O)(=O)c2ccccc2)CC1. The fraction of sp³-hybridized carbons (Fsp3) is 0.278. The second-order valence-corrected chi connectivity index (χ2v) is 8.84. The van der Waals surface area contributed by atoms with Gasteiger partial charge in [0.25, 0.3) is 0 Å². The molecule has 0 unspecified atom stereocenters. The molecule has 132 valence electrons. The molecule has 0 bridgehead atoms. The molecule has 0 spiro atoms. The predicted molar refractivity (Wildman–Crippen MR) is 101 cm³/mol. The molecule has 1 heterocycles. The van der Waals surface area contributed by atoms with E-state index < -0.39 is 10.0 Å². The summed E-state index contributed by atoms with van der Waals surface area (Å²) >= 11 is 3.38. The lowest BCUT2D eigenvalue weighted by atomic mass is 9.97. The number of carbonyl (C=O) groups excluding carboxylic acids is 1. The van der Waals surface area contributed by atoms with Crippen molar-refractivity contribution in [2.45, 2.75) is 17.7 Å². The van der Waals surface area contributed by atoms with Crippen molar-refractivity contribution in [1.82, 2.24) is 4.31 Å². The fourth-order valence-corrected chi connectivity index (χ4v) is 4.80. The minimum absolute atomic E-state index is 0.0603. The van der Waals surface area contributed by atoms with E-state index in [1.807, 2.05) is 24.3 Å². The van der Waals surface area contributed by atoms with E-state index in [1.165, 1.54) is 4.31 Å². The molecule has 7 heteroatoms. The lowest BCUT2D eigenvalue weighted by molar-refractivity contribution is -0.120. The molecule has 1 N–H and O–H groups in total. The Kier molecular flexibility index (Phi) is 5.56. The van der Waals surface area contributed by atoms with Crippen LogP contribution in [0, 0.1) is 5.92 Å². The molecule has 0 aromatic heterocycles. The first-order valence-electron chi connectivity index (χ1n) is 8.08. The molecule has 1 fully saturated rings. The number of benzene rings is 2. The fourth-order valence-electron chi connectivity index (χ4n) is 2.91. The molecule has 2 aromatic rings. The van der Waals surface area contributed by atoms with E-state index in [1.54, 1.807) is 30.3 Å². The normalized spacial score (nSPS) is 16.5. The number of halogens is 1. The first kappa shape index (κ1) is 18.1. The third kappa shape index (κ3) is 4.29. The van der Waals surface area contributed by atoms with E-state index in [0.29, 0.717) is 30.8 Å². The van der Waals surface area contributed by atoms with Gasteiger partial charge in [0, 0.05) is 29.2 Å². The molecule has 25 heavy (non-hydrogen) atoms. The Balaban J connectivity index is 1.61. The van der Waals surface area contributed by atoms with E-state index in [4.69, 9.17) is 0 Å². The quantitative estimate of drug-likeness (QED) is 0.819. The third-order valence-electron chi connectivity index (χ3n) is 4.30. The van der Waals surface area contributed by atoms with Gasteiger partial charge in [0.15, 0.2) is 0 Å². The number of hydrogen-bond donors (Lipinski definition) is 1. The maximum absolute atomic E-state index is 12.6. The van der Waals surface area contributed by atoms with E-state index >= 15 is 0 Å². The van der Waals surface area contributed by atoms with Gasteiger partial charge >= 0.3 is 0 Å². The minimum Gasteiger partial charge on any atom is -0.326 e. The van der Waals surface area contributed by atoms with Crippen LogP contribution in [0.1, 0.15) is 12.8 Å². The van der Waals surface area contributed by atoms with E-state index in [9.17, 15) is 13.2 Å². The zero-order valence-corrected chi connectivity index (χ0v) is 16.0. The summed E-state index contributed by atoms with van der Waals surface area (Å²) < 4.78 is 27.6. The van der Waals surface area contributed by atoms with E-state index in [-0.39, 0.29) is 11.8 Å². The van der Waals surface area contributed by atoms with Crippen LogP contribution in [0.3, 0.4) is 0 Å². The highest BCUT2D eigenvalue weighted by Crippen LogP contribution is 2.25. The Labute approximate surface area is 156 Å². The number of nitrogens with one attached hydrogen (secondary N) is 1. The smallest absolute Gasteiger partial charge is 0.243 e. The second kappa shape index (κ2) is 7.68. The molecule has 1 aliphatic heterocycles. The summed E-state index contributed by atoms with van der Waals surface area (Å²) in [5.74, 6) is -0.240. The predicted octanol–water partition coefficient (Wildman–Crippen LogP) is 3.49. The van der Waals surface area contributed by atoms with Crippen LogP contribution in [0.15, 0.2) is 64.0 Å². The van der Waals surface area contributed by atoms with Gasteiger partial charge in [0.1, 0.15) is 0 Å². The van der Waals surface area contributed by atoms with Crippen molar-refractivity contribution < 1.29 is 13.2 Å². The summed E-state index contributed by atoms with van der Waals surface area (Å²) in [5.41, 5.74) is 0.735. The highest BCUT2D eigenvalue weighted by atomic mass is 79.9. The lowest BCUT2D eigenvalue weighted by Crippen LogP contribution is -2.41. The Morgan fingerprint density at radius 2 is 1.72 bits per heavy atom. The van der Waals surface area contributed by atoms with E-state index in [0.717, 1.165) is 10.2 Å². The van der Waals surface area contributed by atoms with Crippen LogP contribution in [-0.4, -0.2) is 31.7 Å². The van der Waals surface area contributed by atoms with Crippen molar-refractivity contribution >= 4 is 37.5 Å². The van der Waals surface area contributed by atoms with Gasteiger partial charge in [-0.05, 0) is 43.2 Å². The second-order valence-electron chi connectivity index (χ2n) is 5.99. The number of piperidine rings is 1. The van der Waals surface area contributed by atoms with Crippen molar-refractivity contribution in [2.24, 2.45) is 5.92 Å². The van der Waals surface area contributed by atoms with Crippen LogP contribution in [0.5, 0.6) is 0 Å². The molecular weight excluding hydrogens is 404 g/mol. The topological polar surface area (TPSA) is 66.5 Å². The number of sulfonamides is 1. The van der Waals surface area contributed by atoms with Crippen molar-refractivity contribution in [3.63, 3.8) is 0 Å². The van der Waals surface area contributed by atoms with Crippen molar-refractivity contribution in [2.75, 3.05) is 18.4 Å². The van der Waals surface area contributed by atoms with Crippen LogP contribution in [0.25, 0.3) is 0 Å². The van der Waals surface area contributed by atoms with Gasteiger partial charge in [-0.25, -0.2) is 8.42 Å². The molecule has 0 atom stereocenters. The third-order valence-corrected chi connectivity index (χ3v) is 6.70. The lowest BCUT2D eigenvalue weighted by Gasteiger charge is -2.30. The first-order chi connectivity index (χ1) is 12.0. The molecule has 1 saturated heterocycles. The summed E-state index contributed by atoms with van der Waals surface area (Å²) in [7, 11) is -3.48. The number of anilines is 1. The largest absolute Gasteiger partial charge is 0.326 e. The summed E-state index contributed by atoms with van der Waals surface area (Å²) in [6.07, 6.45) is 1.04. The van der Waals surface area contributed by atoms with Gasteiger partial charge < -0.3 is 5.32 Å². The number of nitrogens with zero attached hydrogens (tertiary/aromatic N) is 1. The summed E-state index contributed by atoms with van der Waals surface area (Å²) in [5, 5.41) is 2.90.